The molecular formula is C20H20N4. The Kier molecular flexibility index (Phi) is 4.74. The molecule has 0 spiro atoms. The molecule has 0 atom stereocenters. The first-order valence-corrected chi connectivity index (χ1v) is 7.94. The monoisotopic (exact) mass is 316 g/mol. The van der Waals surface area contributed by atoms with E-state index in [1.165, 1.54) is 22.3 Å². The molecule has 0 saturated heterocycles. The Labute approximate surface area is 142 Å². The Bertz CT molecular complexity index is 855. The van der Waals surface area contributed by atoms with Gasteiger partial charge in [-0.25, -0.2) is 0 Å². The number of benzene rings is 1. The largest absolute Gasteiger partial charge is 0.340 e. The number of hydrogen-bond donors (Lipinski definition) is 1. The van der Waals surface area contributed by atoms with Gasteiger partial charge in [-0.2, -0.15) is 5.26 Å². The molecule has 0 aliphatic rings. The molecule has 4 heteroatoms. The molecule has 0 radical (unpaired) electrons. The van der Waals surface area contributed by atoms with Crippen LogP contribution in [0.1, 0.15) is 22.5 Å². The Hall–Kier alpha value is -2.90. The van der Waals surface area contributed by atoms with Crippen LogP contribution in [0.25, 0.3) is 11.1 Å². The van der Waals surface area contributed by atoms with Gasteiger partial charge in [-0.15, -0.1) is 0 Å². The maximum absolute atomic E-state index is 9.08. The highest BCUT2D eigenvalue weighted by Gasteiger charge is 2.08. The molecule has 0 unspecified atom stereocenters. The van der Waals surface area contributed by atoms with Crippen LogP contribution in [0.2, 0.25) is 0 Å². The van der Waals surface area contributed by atoms with Crippen LogP contribution >= 0.6 is 0 Å². The smallest absolute Gasteiger partial charge is 0.120 e. The van der Waals surface area contributed by atoms with Crippen LogP contribution in [0.15, 0.2) is 54.9 Å². The molecule has 0 saturated carbocycles. The van der Waals surface area contributed by atoms with Crippen molar-refractivity contribution in [1.82, 2.24) is 14.9 Å². The van der Waals surface area contributed by atoms with E-state index in [0.717, 1.165) is 18.8 Å². The fourth-order valence-electron chi connectivity index (χ4n) is 2.75. The van der Waals surface area contributed by atoms with Gasteiger partial charge < -0.3 is 9.88 Å². The number of aromatic nitrogens is 2. The fourth-order valence-corrected chi connectivity index (χ4v) is 2.75. The maximum atomic E-state index is 9.08. The first-order valence-electron chi connectivity index (χ1n) is 7.94. The molecule has 3 aromatic rings. The van der Waals surface area contributed by atoms with E-state index in [4.69, 9.17) is 5.26 Å². The highest BCUT2D eigenvalue weighted by molar-refractivity contribution is 5.62. The van der Waals surface area contributed by atoms with E-state index in [1.54, 1.807) is 0 Å². The first kappa shape index (κ1) is 16.0. The highest BCUT2D eigenvalue weighted by atomic mass is 15.0. The number of pyridine rings is 1. The number of nitrogens with one attached hydrogen (secondary N) is 1. The normalized spacial score (nSPS) is 10.5. The lowest BCUT2D eigenvalue weighted by Gasteiger charge is -2.07. The summed E-state index contributed by atoms with van der Waals surface area (Å²) in [6.07, 6.45) is 3.62. The van der Waals surface area contributed by atoms with Crippen molar-refractivity contribution in [3.8, 4) is 17.2 Å². The van der Waals surface area contributed by atoms with Gasteiger partial charge in [0.1, 0.15) is 11.8 Å². The minimum atomic E-state index is 0.700. The number of nitrogens with zero attached hydrogens (tertiary/aromatic N) is 3. The van der Waals surface area contributed by atoms with E-state index < -0.39 is 0 Å². The molecule has 2 heterocycles. The summed E-state index contributed by atoms with van der Waals surface area (Å²) in [7, 11) is 1.93. The summed E-state index contributed by atoms with van der Waals surface area (Å²) in [5.74, 6) is 0. The van der Waals surface area contributed by atoms with Crippen LogP contribution in [0, 0.1) is 18.3 Å². The zero-order valence-electron chi connectivity index (χ0n) is 14.0. The summed E-state index contributed by atoms with van der Waals surface area (Å²) in [6, 6.07) is 16.7. The van der Waals surface area contributed by atoms with E-state index in [0.29, 0.717) is 5.69 Å². The molecule has 1 aromatic carbocycles. The summed E-state index contributed by atoms with van der Waals surface area (Å²) in [5, 5.41) is 12.5. The predicted molar refractivity (Wildman–Crippen MR) is 95.1 cm³/mol. The zero-order valence-corrected chi connectivity index (χ0v) is 14.0. The van der Waals surface area contributed by atoms with Gasteiger partial charge in [-0.05, 0) is 47.4 Å². The minimum Gasteiger partial charge on any atom is -0.340 e. The molecule has 120 valence electrons. The van der Waals surface area contributed by atoms with Crippen molar-refractivity contribution in [3.05, 3.63) is 77.4 Å². The van der Waals surface area contributed by atoms with Crippen LogP contribution in [0.5, 0.6) is 0 Å². The summed E-state index contributed by atoms with van der Waals surface area (Å²) in [5.41, 5.74) is 6.61. The van der Waals surface area contributed by atoms with Gasteiger partial charge in [0.25, 0.3) is 0 Å². The van der Waals surface area contributed by atoms with E-state index in [2.05, 4.69) is 40.6 Å². The van der Waals surface area contributed by atoms with Crippen molar-refractivity contribution in [2.45, 2.75) is 20.0 Å². The summed E-state index contributed by atoms with van der Waals surface area (Å²) < 4.78 is 1.93. The molecule has 0 fully saturated rings. The van der Waals surface area contributed by atoms with Gasteiger partial charge in [-0.3, -0.25) is 4.98 Å². The lowest BCUT2D eigenvalue weighted by atomic mass is 10.1. The fraction of sp³-hybridized carbons (Fsp3) is 0.200. The Morgan fingerprint density at radius 2 is 1.71 bits per heavy atom. The second-order valence-electron chi connectivity index (χ2n) is 5.85. The highest BCUT2D eigenvalue weighted by Crippen LogP contribution is 2.19. The molecule has 0 aliphatic carbocycles. The van der Waals surface area contributed by atoms with E-state index in [-0.39, 0.29) is 0 Å². The van der Waals surface area contributed by atoms with Crippen molar-refractivity contribution < 1.29 is 0 Å². The predicted octanol–water partition coefficient (Wildman–Crippen LogP) is 3.56. The van der Waals surface area contributed by atoms with Gasteiger partial charge >= 0.3 is 0 Å². The summed E-state index contributed by atoms with van der Waals surface area (Å²) in [4.78, 5) is 4.05. The lowest BCUT2D eigenvalue weighted by Crippen LogP contribution is -2.13. The van der Waals surface area contributed by atoms with Crippen LogP contribution < -0.4 is 5.32 Å². The van der Waals surface area contributed by atoms with E-state index >= 15 is 0 Å². The third-order valence-corrected chi connectivity index (χ3v) is 4.37. The average Bonchev–Trinajstić information content (AvgIpc) is 2.91. The third-order valence-electron chi connectivity index (χ3n) is 4.37. The average molecular weight is 316 g/mol. The Balaban J connectivity index is 1.61. The molecule has 24 heavy (non-hydrogen) atoms. The first-order chi connectivity index (χ1) is 11.7. The second kappa shape index (κ2) is 7.12. The van der Waals surface area contributed by atoms with Crippen molar-refractivity contribution >= 4 is 0 Å². The van der Waals surface area contributed by atoms with Crippen molar-refractivity contribution in [3.63, 3.8) is 0 Å². The molecule has 0 amide bonds. The number of nitriles is 1. The molecule has 2 aromatic heterocycles. The second-order valence-corrected chi connectivity index (χ2v) is 5.85. The lowest BCUT2D eigenvalue weighted by molar-refractivity contribution is 0.687. The Morgan fingerprint density at radius 3 is 2.33 bits per heavy atom. The topological polar surface area (TPSA) is 53.6 Å². The molecule has 1 N–H and O–H groups in total. The summed E-state index contributed by atoms with van der Waals surface area (Å²) >= 11 is 0. The van der Waals surface area contributed by atoms with Gasteiger partial charge in [-0.1, -0.05) is 24.3 Å². The van der Waals surface area contributed by atoms with E-state index in [9.17, 15) is 0 Å². The molecule has 3 rings (SSSR count). The maximum Gasteiger partial charge on any atom is 0.120 e. The van der Waals surface area contributed by atoms with Crippen LogP contribution in [-0.4, -0.2) is 9.55 Å². The standard InChI is InChI=1S/C20H20N4/c1-15-19(11-20(12-21)24(15)2)14-23-13-16-3-5-17(6-4-16)18-7-9-22-10-8-18/h3-11,23H,13-14H2,1-2H3. The van der Waals surface area contributed by atoms with E-state index in [1.807, 2.05) is 49.1 Å². The molecular weight excluding hydrogens is 296 g/mol. The van der Waals surface area contributed by atoms with Gasteiger partial charge in [0, 0.05) is 38.2 Å². The minimum absolute atomic E-state index is 0.700. The number of rotatable bonds is 5. The van der Waals surface area contributed by atoms with Crippen LogP contribution in [0.3, 0.4) is 0 Å². The zero-order chi connectivity index (χ0) is 16.9. The SMILES string of the molecule is Cc1c(CNCc2ccc(-c3ccncc3)cc2)cc(C#N)n1C. The van der Waals surface area contributed by atoms with Gasteiger partial charge in [0.15, 0.2) is 0 Å². The molecule has 0 aliphatic heterocycles. The molecule has 4 nitrogen and oxygen atoms in total. The Morgan fingerprint density at radius 1 is 1.04 bits per heavy atom. The number of hydrogen-bond acceptors (Lipinski definition) is 3. The quantitative estimate of drug-likeness (QED) is 0.783. The van der Waals surface area contributed by atoms with Crippen molar-refractivity contribution in [2.24, 2.45) is 7.05 Å². The van der Waals surface area contributed by atoms with Crippen LogP contribution in [0.4, 0.5) is 0 Å². The van der Waals surface area contributed by atoms with Gasteiger partial charge in [0.05, 0.1) is 0 Å². The van der Waals surface area contributed by atoms with Gasteiger partial charge in [0.2, 0.25) is 0 Å². The van der Waals surface area contributed by atoms with Crippen molar-refractivity contribution in [2.75, 3.05) is 0 Å². The summed E-state index contributed by atoms with van der Waals surface area (Å²) in [6.45, 7) is 3.60. The van der Waals surface area contributed by atoms with Crippen molar-refractivity contribution in [1.29, 1.82) is 5.26 Å². The molecule has 0 bridgehead atoms. The van der Waals surface area contributed by atoms with Crippen LogP contribution in [-0.2, 0) is 20.1 Å². The third kappa shape index (κ3) is 3.37.